The number of halogens is 1. The summed E-state index contributed by atoms with van der Waals surface area (Å²) in [6, 6.07) is 13.4. The number of H-pyrrole nitrogens is 1. The predicted molar refractivity (Wildman–Crippen MR) is 85.1 cm³/mol. The fourth-order valence-electron chi connectivity index (χ4n) is 2.26. The number of para-hydroxylation sites is 1. The van der Waals surface area contributed by atoms with Crippen molar-refractivity contribution in [1.29, 1.82) is 0 Å². The lowest BCUT2D eigenvalue weighted by atomic mass is 10.2. The molecule has 0 saturated heterocycles. The number of hydrogen-bond acceptors (Lipinski definition) is 3. The molecular weight excluding hydrogens is 297 g/mol. The average molecular weight is 313 g/mol. The van der Waals surface area contributed by atoms with Crippen molar-refractivity contribution in [3.63, 3.8) is 0 Å². The second-order valence-corrected chi connectivity index (χ2v) is 5.04. The largest absolute Gasteiger partial charge is 0.493 e. The van der Waals surface area contributed by atoms with Crippen molar-refractivity contribution in [3.05, 3.63) is 66.1 Å². The Labute approximate surface area is 132 Å². The standard InChI is InChI=1S/C18H16FNO3/c19-13-6-8-14(9-7-13)22-10-3-11-23-18(21)16-12-20-17-5-2-1-4-15(16)17/h1-2,4-9,12,20H,3,10-11H2. The van der Waals surface area contributed by atoms with E-state index in [-0.39, 0.29) is 18.4 Å². The van der Waals surface area contributed by atoms with Gasteiger partial charge in [-0.3, -0.25) is 0 Å². The molecule has 0 fully saturated rings. The van der Waals surface area contributed by atoms with Gasteiger partial charge < -0.3 is 14.5 Å². The number of nitrogens with one attached hydrogen (secondary N) is 1. The highest BCUT2D eigenvalue weighted by Gasteiger charge is 2.12. The molecule has 1 N–H and O–H groups in total. The van der Waals surface area contributed by atoms with E-state index in [1.54, 1.807) is 18.3 Å². The Bertz CT molecular complexity index is 795. The lowest BCUT2D eigenvalue weighted by molar-refractivity contribution is 0.0488. The van der Waals surface area contributed by atoms with Gasteiger partial charge in [0.15, 0.2) is 0 Å². The summed E-state index contributed by atoms with van der Waals surface area (Å²) in [5.41, 5.74) is 1.43. The Balaban J connectivity index is 1.45. The molecule has 0 unspecified atom stereocenters. The summed E-state index contributed by atoms with van der Waals surface area (Å²) in [4.78, 5) is 15.1. The highest BCUT2D eigenvalue weighted by atomic mass is 19.1. The van der Waals surface area contributed by atoms with Crippen molar-refractivity contribution < 1.29 is 18.7 Å². The highest BCUT2D eigenvalue weighted by Crippen LogP contribution is 2.18. The second kappa shape index (κ2) is 6.96. The zero-order valence-corrected chi connectivity index (χ0v) is 12.4. The number of carbonyl (C=O) groups is 1. The SMILES string of the molecule is O=C(OCCCOc1ccc(F)cc1)c1c[nH]c2ccccc12. The van der Waals surface area contributed by atoms with Gasteiger partial charge in [-0.05, 0) is 30.3 Å². The van der Waals surface area contributed by atoms with Crippen LogP contribution in [0.4, 0.5) is 4.39 Å². The molecule has 2 aromatic carbocycles. The van der Waals surface area contributed by atoms with E-state index in [4.69, 9.17) is 9.47 Å². The zero-order valence-electron chi connectivity index (χ0n) is 12.4. The van der Waals surface area contributed by atoms with Crippen LogP contribution in [-0.2, 0) is 4.74 Å². The van der Waals surface area contributed by atoms with Gasteiger partial charge in [-0.2, -0.15) is 0 Å². The summed E-state index contributed by atoms with van der Waals surface area (Å²) in [7, 11) is 0. The molecule has 0 atom stereocenters. The number of carbonyl (C=O) groups excluding carboxylic acids is 1. The molecule has 3 aromatic rings. The van der Waals surface area contributed by atoms with Gasteiger partial charge in [-0.15, -0.1) is 0 Å². The van der Waals surface area contributed by atoms with E-state index in [1.807, 2.05) is 24.3 Å². The second-order valence-electron chi connectivity index (χ2n) is 5.04. The van der Waals surface area contributed by atoms with E-state index in [1.165, 1.54) is 12.1 Å². The first-order valence-electron chi connectivity index (χ1n) is 7.35. The Morgan fingerprint density at radius 3 is 2.65 bits per heavy atom. The molecule has 0 aliphatic rings. The first-order valence-corrected chi connectivity index (χ1v) is 7.35. The predicted octanol–water partition coefficient (Wildman–Crippen LogP) is 3.93. The van der Waals surface area contributed by atoms with Crippen LogP contribution in [0.15, 0.2) is 54.7 Å². The first kappa shape index (κ1) is 15.1. The smallest absolute Gasteiger partial charge is 0.340 e. The number of aromatic amines is 1. The van der Waals surface area contributed by atoms with Crippen LogP contribution >= 0.6 is 0 Å². The van der Waals surface area contributed by atoms with Crippen molar-refractivity contribution >= 4 is 16.9 Å². The summed E-state index contributed by atoms with van der Waals surface area (Å²) >= 11 is 0. The van der Waals surface area contributed by atoms with Crippen molar-refractivity contribution in [2.24, 2.45) is 0 Å². The van der Waals surface area contributed by atoms with Crippen molar-refractivity contribution in [2.75, 3.05) is 13.2 Å². The van der Waals surface area contributed by atoms with Gasteiger partial charge in [0, 0.05) is 23.5 Å². The molecule has 23 heavy (non-hydrogen) atoms. The molecule has 0 radical (unpaired) electrons. The molecule has 0 saturated carbocycles. The third kappa shape index (κ3) is 3.69. The highest BCUT2D eigenvalue weighted by molar-refractivity contribution is 6.03. The maximum absolute atomic E-state index is 12.7. The molecule has 1 aromatic heterocycles. The molecule has 0 spiro atoms. The van der Waals surface area contributed by atoms with E-state index in [2.05, 4.69) is 4.98 Å². The molecule has 1 heterocycles. The molecule has 118 valence electrons. The van der Waals surface area contributed by atoms with Crippen LogP contribution in [-0.4, -0.2) is 24.2 Å². The third-order valence-corrected chi connectivity index (χ3v) is 3.41. The Kier molecular flexibility index (Phi) is 4.57. The zero-order chi connectivity index (χ0) is 16.1. The van der Waals surface area contributed by atoms with Crippen LogP contribution in [0, 0.1) is 5.82 Å². The van der Waals surface area contributed by atoms with E-state index in [0.29, 0.717) is 24.3 Å². The fourth-order valence-corrected chi connectivity index (χ4v) is 2.26. The summed E-state index contributed by atoms with van der Waals surface area (Å²) in [5.74, 6) is -0.0661. The number of esters is 1. The minimum absolute atomic E-state index is 0.263. The summed E-state index contributed by atoms with van der Waals surface area (Å²) in [6.07, 6.45) is 2.22. The minimum Gasteiger partial charge on any atom is -0.493 e. The summed E-state index contributed by atoms with van der Waals surface area (Å²) < 4.78 is 23.4. The lowest BCUT2D eigenvalue weighted by Crippen LogP contribution is -2.09. The van der Waals surface area contributed by atoms with E-state index in [0.717, 1.165) is 10.9 Å². The van der Waals surface area contributed by atoms with Crippen LogP contribution in [0.2, 0.25) is 0 Å². The average Bonchev–Trinajstić information content (AvgIpc) is 3.00. The van der Waals surface area contributed by atoms with E-state index < -0.39 is 0 Å². The summed E-state index contributed by atoms with van der Waals surface area (Å²) in [5, 5.41) is 0.847. The Morgan fingerprint density at radius 1 is 1.04 bits per heavy atom. The fraction of sp³-hybridized carbons (Fsp3) is 0.167. The number of rotatable bonds is 6. The van der Waals surface area contributed by atoms with Crippen molar-refractivity contribution in [3.8, 4) is 5.75 Å². The number of aromatic nitrogens is 1. The van der Waals surface area contributed by atoms with Gasteiger partial charge in [0.25, 0.3) is 0 Å². The van der Waals surface area contributed by atoms with Crippen LogP contribution in [0.1, 0.15) is 16.8 Å². The van der Waals surface area contributed by atoms with Gasteiger partial charge in [0.2, 0.25) is 0 Å². The number of ether oxygens (including phenoxy) is 2. The molecule has 0 amide bonds. The molecule has 5 heteroatoms. The molecule has 0 bridgehead atoms. The quantitative estimate of drug-likeness (QED) is 0.554. The summed E-state index contributed by atoms with van der Waals surface area (Å²) in [6.45, 7) is 0.659. The van der Waals surface area contributed by atoms with Gasteiger partial charge in [-0.1, -0.05) is 18.2 Å². The minimum atomic E-state index is -0.357. The molecular formula is C18H16FNO3. The Hall–Kier alpha value is -2.82. The topological polar surface area (TPSA) is 51.3 Å². The molecule has 4 nitrogen and oxygen atoms in total. The van der Waals surface area contributed by atoms with Crippen molar-refractivity contribution in [1.82, 2.24) is 4.98 Å². The maximum Gasteiger partial charge on any atom is 0.340 e. The normalized spacial score (nSPS) is 10.7. The van der Waals surface area contributed by atoms with E-state index in [9.17, 15) is 9.18 Å². The van der Waals surface area contributed by atoms with Crippen LogP contribution in [0.25, 0.3) is 10.9 Å². The lowest BCUT2D eigenvalue weighted by Gasteiger charge is -2.07. The van der Waals surface area contributed by atoms with Gasteiger partial charge >= 0.3 is 5.97 Å². The number of benzene rings is 2. The monoisotopic (exact) mass is 313 g/mol. The number of fused-ring (bicyclic) bond motifs is 1. The Morgan fingerprint density at radius 2 is 1.83 bits per heavy atom. The van der Waals surface area contributed by atoms with Crippen LogP contribution in [0.5, 0.6) is 5.75 Å². The van der Waals surface area contributed by atoms with Gasteiger partial charge in [0.05, 0.1) is 18.8 Å². The van der Waals surface area contributed by atoms with Crippen LogP contribution < -0.4 is 4.74 Å². The van der Waals surface area contributed by atoms with Crippen LogP contribution in [0.3, 0.4) is 0 Å². The van der Waals surface area contributed by atoms with Crippen molar-refractivity contribution in [2.45, 2.75) is 6.42 Å². The molecule has 0 aliphatic carbocycles. The molecule has 3 rings (SSSR count). The first-order chi connectivity index (χ1) is 11.2. The number of hydrogen-bond donors (Lipinski definition) is 1. The maximum atomic E-state index is 12.7. The molecule has 0 aliphatic heterocycles. The van der Waals surface area contributed by atoms with Gasteiger partial charge in [-0.25, -0.2) is 9.18 Å². The van der Waals surface area contributed by atoms with Gasteiger partial charge in [0.1, 0.15) is 11.6 Å². The van der Waals surface area contributed by atoms with E-state index >= 15 is 0 Å². The third-order valence-electron chi connectivity index (χ3n) is 3.41.